The molecule has 18 heavy (non-hydrogen) atoms. The molecule has 1 aromatic carbocycles. The Morgan fingerprint density at radius 1 is 1.11 bits per heavy atom. The van der Waals surface area contributed by atoms with E-state index in [0.29, 0.717) is 5.02 Å². The van der Waals surface area contributed by atoms with E-state index in [9.17, 15) is 0 Å². The fourth-order valence-electron chi connectivity index (χ4n) is 1.80. The quantitative estimate of drug-likeness (QED) is 0.818. The van der Waals surface area contributed by atoms with Gasteiger partial charge in [-0.25, -0.2) is 4.98 Å². The molecule has 0 amide bonds. The van der Waals surface area contributed by atoms with E-state index >= 15 is 0 Å². The van der Waals surface area contributed by atoms with Gasteiger partial charge in [0.15, 0.2) is 0 Å². The van der Waals surface area contributed by atoms with Crippen LogP contribution in [0.3, 0.4) is 0 Å². The van der Waals surface area contributed by atoms with Gasteiger partial charge in [0, 0.05) is 18.3 Å². The van der Waals surface area contributed by atoms with E-state index in [-0.39, 0.29) is 6.04 Å². The normalized spacial score (nSPS) is 12.2. The van der Waals surface area contributed by atoms with Gasteiger partial charge in [-0.15, -0.1) is 0 Å². The summed E-state index contributed by atoms with van der Waals surface area (Å²) in [5.74, 6) is 0.867. The molecular weight excluding hydrogens is 267 g/mol. The van der Waals surface area contributed by atoms with Crippen molar-refractivity contribution in [2.45, 2.75) is 13.0 Å². The van der Waals surface area contributed by atoms with Crippen LogP contribution in [0, 0.1) is 0 Å². The van der Waals surface area contributed by atoms with Gasteiger partial charge in [-0.1, -0.05) is 41.4 Å². The van der Waals surface area contributed by atoms with Gasteiger partial charge < -0.3 is 4.90 Å². The van der Waals surface area contributed by atoms with Crippen molar-refractivity contribution in [3.05, 3.63) is 58.2 Å². The van der Waals surface area contributed by atoms with Crippen LogP contribution in [-0.2, 0) is 0 Å². The summed E-state index contributed by atoms with van der Waals surface area (Å²) in [7, 11) is 1.99. The van der Waals surface area contributed by atoms with E-state index in [0.717, 1.165) is 16.4 Å². The Balaban J connectivity index is 2.26. The molecule has 0 saturated heterocycles. The average Bonchev–Trinajstić information content (AvgIpc) is 2.38. The molecule has 94 valence electrons. The second-order valence-electron chi connectivity index (χ2n) is 4.14. The Bertz CT molecular complexity index is 526. The first-order chi connectivity index (χ1) is 8.59. The van der Waals surface area contributed by atoms with Gasteiger partial charge in [0.25, 0.3) is 0 Å². The molecule has 1 aromatic heterocycles. The summed E-state index contributed by atoms with van der Waals surface area (Å²) < 4.78 is 0. The molecule has 0 aliphatic carbocycles. The lowest BCUT2D eigenvalue weighted by Crippen LogP contribution is -2.22. The number of nitrogens with zero attached hydrogens (tertiary/aromatic N) is 2. The van der Waals surface area contributed by atoms with Gasteiger partial charge in [-0.05, 0) is 30.7 Å². The van der Waals surface area contributed by atoms with E-state index in [2.05, 4.69) is 16.8 Å². The van der Waals surface area contributed by atoms with Crippen LogP contribution in [0.4, 0.5) is 5.82 Å². The molecule has 0 bridgehead atoms. The number of halogens is 2. The van der Waals surface area contributed by atoms with E-state index < -0.39 is 0 Å². The highest BCUT2D eigenvalue weighted by Crippen LogP contribution is 2.29. The molecular formula is C14H14Cl2N2. The molecule has 2 nitrogen and oxygen atoms in total. The largest absolute Gasteiger partial charge is 0.353 e. The number of anilines is 1. The van der Waals surface area contributed by atoms with Gasteiger partial charge in [0.2, 0.25) is 0 Å². The van der Waals surface area contributed by atoms with Crippen LogP contribution in [0.1, 0.15) is 18.5 Å². The second kappa shape index (κ2) is 5.59. The van der Waals surface area contributed by atoms with Gasteiger partial charge in [0.05, 0.1) is 11.1 Å². The number of hydrogen-bond acceptors (Lipinski definition) is 2. The fourth-order valence-corrected chi connectivity index (χ4v) is 2.20. The van der Waals surface area contributed by atoms with Crippen molar-refractivity contribution in [2.75, 3.05) is 11.9 Å². The Labute approximate surface area is 117 Å². The van der Waals surface area contributed by atoms with Crippen LogP contribution in [0.25, 0.3) is 0 Å². The lowest BCUT2D eigenvalue weighted by molar-refractivity contribution is 0.729. The van der Waals surface area contributed by atoms with Crippen LogP contribution in [0.15, 0.2) is 42.6 Å². The number of benzene rings is 1. The van der Waals surface area contributed by atoms with Crippen molar-refractivity contribution in [2.24, 2.45) is 0 Å². The standard InChI is InChI=1S/C14H14Cl2N2/c1-10(12-5-3-4-6-13(12)16)18(2)14-8-7-11(15)9-17-14/h3-10H,1-2H3. The molecule has 1 heterocycles. The summed E-state index contributed by atoms with van der Waals surface area (Å²) in [4.78, 5) is 6.37. The lowest BCUT2D eigenvalue weighted by atomic mass is 10.1. The molecule has 0 aliphatic heterocycles. The lowest BCUT2D eigenvalue weighted by Gasteiger charge is -2.27. The van der Waals surface area contributed by atoms with Crippen LogP contribution >= 0.6 is 23.2 Å². The summed E-state index contributed by atoms with van der Waals surface area (Å²) in [5, 5.41) is 1.41. The highest BCUT2D eigenvalue weighted by atomic mass is 35.5. The maximum Gasteiger partial charge on any atom is 0.128 e. The Kier molecular flexibility index (Phi) is 4.10. The van der Waals surface area contributed by atoms with Gasteiger partial charge in [0.1, 0.15) is 5.82 Å². The molecule has 0 fully saturated rings. The minimum atomic E-state index is 0.146. The Morgan fingerprint density at radius 3 is 2.44 bits per heavy atom. The Hall–Kier alpha value is -1.25. The van der Waals surface area contributed by atoms with E-state index in [1.165, 1.54) is 0 Å². The molecule has 0 saturated carbocycles. The van der Waals surface area contributed by atoms with Crippen LogP contribution < -0.4 is 4.90 Å². The zero-order valence-corrected chi connectivity index (χ0v) is 11.8. The molecule has 2 rings (SSSR count). The highest BCUT2D eigenvalue weighted by molar-refractivity contribution is 6.31. The number of hydrogen-bond donors (Lipinski definition) is 0. The topological polar surface area (TPSA) is 16.1 Å². The predicted molar refractivity (Wildman–Crippen MR) is 77.5 cm³/mol. The first-order valence-corrected chi connectivity index (χ1v) is 6.44. The molecule has 0 N–H and O–H groups in total. The van der Waals surface area contributed by atoms with Gasteiger partial charge in [-0.3, -0.25) is 0 Å². The highest BCUT2D eigenvalue weighted by Gasteiger charge is 2.15. The molecule has 2 aromatic rings. The summed E-state index contributed by atoms with van der Waals surface area (Å²) in [6, 6.07) is 11.7. The smallest absolute Gasteiger partial charge is 0.128 e. The van der Waals surface area contributed by atoms with Crippen molar-refractivity contribution >= 4 is 29.0 Å². The minimum Gasteiger partial charge on any atom is -0.353 e. The second-order valence-corrected chi connectivity index (χ2v) is 4.99. The number of pyridine rings is 1. The van der Waals surface area contributed by atoms with E-state index in [1.807, 2.05) is 43.4 Å². The van der Waals surface area contributed by atoms with Gasteiger partial charge >= 0.3 is 0 Å². The molecule has 0 spiro atoms. The number of rotatable bonds is 3. The molecule has 0 aliphatic rings. The van der Waals surface area contributed by atoms with E-state index in [1.54, 1.807) is 6.20 Å². The minimum absolute atomic E-state index is 0.146. The summed E-state index contributed by atoms with van der Waals surface area (Å²) in [6.45, 7) is 2.09. The molecule has 1 atom stereocenters. The third-order valence-corrected chi connectivity index (χ3v) is 3.58. The van der Waals surface area contributed by atoms with E-state index in [4.69, 9.17) is 23.2 Å². The third kappa shape index (κ3) is 2.77. The van der Waals surface area contributed by atoms with Crippen molar-refractivity contribution in [3.63, 3.8) is 0 Å². The van der Waals surface area contributed by atoms with Crippen LogP contribution in [-0.4, -0.2) is 12.0 Å². The molecule has 1 unspecified atom stereocenters. The van der Waals surface area contributed by atoms with Crippen molar-refractivity contribution < 1.29 is 0 Å². The summed E-state index contributed by atoms with van der Waals surface area (Å²) in [5.41, 5.74) is 1.08. The molecule has 4 heteroatoms. The summed E-state index contributed by atoms with van der Waals surface area (Å²) in [6.07, 6.45) is 1.65. The molecule has 0 radical (unpaired) electrons. The SMILES string of the molecule is CC(c1ccccc1Cl)N(C)c1ccc(Cl)cn1. The van der Waals surface area contributed by atoms with Crippen LogP contribution in [0.2, 0.25) is 10.0 Å². The van der Waals surface area contributed by atoms with Crippen molar-refractivity contribution in [1.29, 1.82) is 0 Å². The maximum atomic E-state index is 6.21. The average molecular weight is 281 g/mol. The third-order valence-electron chi connectivity index (χ3n) is 3.01. The summed E-state index contributed by atoms with van der Waals surface area (Å²) >= 11 is 12.0. The first kappa shape index (κ1) is 13.2. The fraction of sp³-hybridized carbons (Fsp3) is 0.214. The van der Waals surface area contributed by atoms with Crippen molar-refractivity contribution in [1.82, 2.24) is 4.98 Å². The van der Waals surface area contributed by atoms with Gasteiger partial charge in [-0.2, -0.15) is 0 Å². The number of aromatic nitrogens is 1. The van der Waals surface area contributed by atoms with Crippen LogP contribution in [0.5, 0.6) is 0 Å². The predicted octanol–water partition coefficient (Wildman–Crippen LogP) is 4.59. The zero-order chi connectivity index (χ0) is 13.1. The maximum absolute atomic E-state index is 6.21. The Morgan fingerprint density at radius 2 is 1.83 bits per heavy atom. The zero-order valence-electron chi connectivity index (χ0n) is 10.3. The van der Waals surface area contributed by atoms with Crippen molar-refractivity contribution in [3.8, 4) is 0 Å². The monoisotopic (exact) mass is 280 g/mol. The first-order valence-electron chi connectivity index (χ1n) is 5.68.